The van der Waals surface area contributed by atoms with Gasteiger partial charge in [-0.15, -0.1) is 0 Å². The van der Waals surface area contributed by atoms with Crippen molar-refractivity contribution in [3.63, 3.8) is 0 Å². The molecule has 0 amide bonds. The van der Waals surface area contributed by atoms with Crippen LogP contribution in [0.15, 0.2) is 0 Å². The van der Waals surface area contributed by atoms with E-state index < -0.39 is 14.7 Å². The van der Waals surface area contributed by atoms with Gasteiger partial charge in [0.25, 0.3) is 0 Å². The Morgan fingerprint density at radius 1 is 1.12 bits per heavy atom. The van der Waals surface area contributed by atoms with Crippen molar-refractivity contribution in [2.24, 2.45) is 0 Å². The van der Waals surface area contributed by atoms with Crippen LogP contribution in [0.4, 0.5) is 0 Å². The Morgan fingerprint density at radius 3 is 1.75 bits per heavy atom. The third-order valence-corrected chi connectivity index (χ3v) is 5.01. The molecule has 0 saturated heterocycles. The average Bonchev–Trinajstić information content (AvgIpc) is 1.68. The molecule has 0 aliphatic rings. The molecule has 50 valence electrons. The van der Waals surface area contributed by atoms with Gasteiger partial charge in [-0.3, -0.25) is 0 Å². The summed E-state index contributed by atoms with van der Waals surface area (Å²) in [4.78, 5) is 0. The summed E-state index contributed by atoms with van der Waals surface area (Å²) < 4.78 is 0. The van der Waals surface area contributed by atoms with E-state index in [1.807, 2.05) is 0 Å². The molecule has 0 spiro atoms. The van der Waals surface area contributed by atoms with Crippen LogP contribution in [0.5, 0.6) is 0 Å². The van der Waals surface area contributed by atoms with Crippen LogP contribution in [0.1, 0.15) is 0 Å². The zero-order chi connectivity index (χ0) is 6.41. The monoisotopic (exact) mass is 180 g/mol. The predicted molar refractivity (Wildman–Crippen MR) is 35.4 cm³/mol. The van der Waals surface area contributed by atoms with Crippen LogP contribution in [-0.4, -0.2) is 38.1 Å². The second kappa shape index (κ2) is 5.61. The van der Waals surface area contributed by atoms with Crippen molar-refractivity contribution < 1.29 is 10.2 Å². The molecular weight excluding hydrogens is 167 g/mol. The van der Waals surface area contributed by atoms with E-state index in [2.05, 4.69) is 5.71 Å². The van der Waals surface area contributed by atoms with Crippen molar-refractivity contribution >= 4 is 14.7 Å². The van der Waals surface area contributed by atoms with Crippen LogP contribution in [0.25, 0.3) is 0 Å². The zero-order valence-electron chi connectivity index (χ0n) is 5.17. The Balaban J connectivity index is 2.92. The van der Waals surface area contributed by atoms with Gasteiger partial charge in [-0.1, -0.05) is 0 Å². The topological polar surface area (TPSA) is 40.5 Å². The van der Waals surface area contributed by atoms with Crippen molar-refractivity contribution in [2.75, 3.05) is 13.2 Å². The van der Waals surface area contributed by atoms with Crippen molar-refractivity contribution in [3.05, 3.63) is 0 Å². The van der Waals surface area contributed by atoms with Crippen LogP contribution in [0.2, 0.25) is 16.1 Å². The van der Waals surface area contributed by atoms with E-state index in [0.717, 1.165) is 10.4 Å². The van der Waals surface area contributed by atoms with Gasteiger partial charge >= 0.3 is 54.2 Å². The first kappa shape index (κ1) is 8.48. The minimum atomic E-state index is -0.760. The molecule has 0 heterocycles. The summed E-state index contributed by atoms with van der Waals surface area (Å²) >= 11 is -0.760. The van der Waals surface area contributed by atoms with E-state index in [0.29, 0.717) is 13.2 Å². The summed E-state index contributed by atoms with van der Waals surface area (Å²) in [6.07, 6.45) is 0. The van der Waals surface area contributed by atoms with Gasteiger partial charge in [-0.05, 0) is 0 Å². The maximum absolute atomic E-state index is 8.42. The summed E-state index contributed by atoms with van der Waals surface area (Å²) in [7, 11) is 0. The van der Waals surface area contributed by atoms with Gasteiger partial charge in [0, 0.05) is 0 Å². The van der Waals surface area contributed by atoms with Crippen molar-refractivity contribution in [2.45, 2.75) is 16.1 Å². The Hall–Kier alpha value is 0.478. The average molecular weight is 180 g/mol. The molecule has 0 unspecified atom stereocenters. The Kier molecular flexibility index (Phi) is 5.95. The molecule has 0 aliphatic carbocycles. The van der Waals surface area contributed by atoms with Crippen LogP contribution in [0, 0.1) is 0 Å². The van der Waals surface area contributed by atoms with E-state index in [-0.39, 0.29) is 0 Å². The van der Waals surface area contributed by atoms with E-state index >= 15 is 0 Å². The van der Waals surface area contributed by atoms with Crippen LogP contribution in [-0.2, 0) is 0 Å². The van der Waals surface area contributed by atoms with E-state index in [9.17, 15) is 0 Å². The fourth-order valence-electron chi connectivity index (χ4n) is 0.453. The first-order valence-electron chi connectivity index (χ1n) is 2.71. The Bertz CT molecular complexity index is 43.7. The number of rotatable bonds is 4. The predicted octanol–water partition coefficient (Wildman–Crippen LogP) is 0.0956. The molecule has 0 aromatic carbocycles. The van der Waals surface area contributed by atoms with E-state index in [4.69, 9.17) is 10.2 Å². The molecule has 2 N–H and O–H groups in total. The van der Waals surface area contributed by atoms with Gasteiger partial charge in [-0.2, -0.15) is 0 Å². The Morgan fingerprint density at radius 2 is 1.50 bits per heavy atom. The minimum absolute atomic E-state index is 0.302. The Labute approximate surface area is 54.8 Å². The van der Waals surface area contributed by atoms with Crippen molar-refractivity contribution in [1.29, 1.82) is 0 Å². The van der Waals surface area contributed by atoms with Gasteiger partial charge in [0.05, 0.1) is 0 Å². The molecule has 0 rings (SSSR count). The molecule has 0 aromatic heterocycles. The van der Waals surface area contributed by atoms with Gasteiger partial charge in [0.1, 0.15) is 0 Å². The normalized spacial score (nSPS) is 10.5. The van der Waals surface area contributed by atoms with Crippen molar-refractivity contribution in [1.82, 2.24) is 0 Å². The second-order valence-electron chi connectivity index (χ2n) is 1.75. The number of hydrogen-bond acceptors (Lipinski definition) is 2. The quantitative estimate of drug-likeness (QED) is 0.602. The molecule has 8 heavy (non-hydrogen) atoms. The summed E-state index contributed by atoms with van der Waals surface area (Å²) in [5, 5.41) is 18.7. The van der Waals surface area contributed by atoms with Crippen LogP contribution in [0.3, 0.4) is 0 Å². The number of aliphatic hydroxyl groups is 2. The summed E-state index contributed by atoms with van der Waals surface area (Å²) in [5.74, 6) is 0. The van der Waals surface area contributed by atoms with Gasteiger partial charge < -0.3 is 0 Å². The van der Waals surface area contributed by atoms with E-state index in [1.54, 1.807) is 0 Å². The molecule has 0 atom stereocenters. The maximum atomic E-state index is 8.42. The standard InChI is InChI=1S/C5H13AsO2/c1-6(2-4-7)3-5-8/h7-8H,2-5H2,1H3. The first-order chi connectivity index (χ1) is 3.81. The van der Waals surface area contributed by atoms with Crippen LogP contribution < -0.4 is 0 Å². The fourth-order valence-corrected chi connectivity index (χ4v) is 2.36. The third kappa shape index (κ3) is 4.63. The molecule has 0 fully saturated rings. The number of aliphatic hydroxyl groups excluding tert-OH is 2. The molecule has 3 heteroatoms. The molecule has 0 saturated carbocycles. The summed E-state index contributed by atoms with van der Waals surface area (Å²) in [6.45, 7) is 0.604. The fraction of sp³-hybridized carbons (Fsp3) is 1.00. The van der Waals surface area contributed by atoms with Gasteiger partial charge in [0.15, 0.2) is 0 Å². The van der Waals surface area contributed by atoms with Crippen LogP contribution >= 0.6 is 0 Å². The molecule has 0 bridgehead atoms. The van der Waals surface area contributed by atoms with Crippen molar-refractivity contribution in [3.8, 4) is 0 Å². The van der Waals surface area contributed by atoms with Gasteiger partial charge in [-0.25, -0.2) is 0 Å². The molecule has 0 radical (unpaired) electrons. The second-order valence-corrected chi connectivity index (χ2v) is 7.22. The molecule has 0 aliphatic heterocycles. The summed E-state index contributed by atoms with van der Waals surface area (Å²) in [6, 6.07) is 0. The number of hydrogen-bond donors (Lipinski definition) is 2. The molecular formula is C5H13AsO2. The SMILES string of the molecule is C[As](CCO)CCO. The molecule has 2 nitrogen and oxygen atoms in total. The zero-order valence-corrected chi connectivity index (χ0v) is 7.05. The van der Waals surface area contributed by atoms with E-state index in [1.165, 1.54) is 0 Å². The summed E-state index contributed by atoms with van der Waals surface area (Å²) in [5.41, 5.74) is 2.17. The first-order valence-corrected chi connectivity index (χ1v) is 7.24. The van der Waals surface area contributed by atoms with Gasteiger partial charge in [0.2, 0.25) is 0 Å². The third-order valence-electron chi connectivity index (χ3n) is 0.963. The molecule has 0 aromatic rings.